The van der Waals surface area contributed by atoms with Crippen molar-refractivity contribution >= 4 is 50.1 Å². The number of nitrogens with one attached hydrogen (secondary N) is 3. The van der Waals surface area contributed by atoms with Crippen LogP contribution < -0.4 is 25.4 Å². The lowest BCUT2D eigenvalue weighted by Gasteiger charge is -2.32. The molecule has 0 fully saturated rings. The molecule has 17 nitrogen and oxygen atoms in total. The van der Waals surface area contributed by atoms with Crippen LogP contribution in [0.1, 0.15) is 116 Å². The smallest absolute Gasteiger partial charge is 0.363 e. The number of carbonyl (C=O) groups is 7. The van der Waals surface area contributed by atoms with Crippen molar-refractivity contribution in [3.05, 3.63) is 71.0 Å². The first-order chi connectivity index (χ1) is 29.3. The highest BCUT2D eigenvalue weighted by molar-refractivity contribution is 6.08. The third-order valence-electron chi connectivity index (χ3n) is 9.69. The Balaban J connectivity index is 1.70. The molecule has 0 radical (unpaired) electrons. The van der Waals surface area contributed by atoms with E-state index in [0.29, 0.717) is 49.0 Å². The van der Waals surface area contributed by atoms with Gasteiger partial charge in [-0.1, -0.05) is 52.5 Å². The van der Waals surface area contributed by atoms with Crippen molar-refractivity contribution in [3.63, 3.8) is 0 Å². The summed E-state index contributed by atoms with van der Waals surface area (Å²) in [6.45, 7) is 9.27. The van der Waals surface area contributed by atoms with E-state index in [2.05, 4.69) is 16.0 Å². The molecule has 0 aliphatic carbocycles. The highest BCUT2D eigenvalue weighted by Gasteiger charge is 2.34. The number of amides is 4. The summed E-state index contributed by atoms with van der Waals surface area (Å²) in [5.74, 6) is -3.92. The van der Waals surface area contributed by atoms with Crippen LogP contribution >= 0.6 is 0 Å². The van der Waals surface area contributed by atoms with Crippen LogP contribution in [-0.2, 0) is 33.4 Å². The van der Waals surface area contributed by atoms with E-state index in [9.17, 15) is 33.6 Å². The lowest BCUT2D eigenvalue weighted by molar-refractivity contribution is -0.171. The molecule has 0 aliphatic heterocycles. The van der Waals surface area contributed by atoms with Crippen molar-refractivity contribution in [2.24, 2.45) is 5.92 Å². The highest BCUT2D eigenvalue weighted by Crippen LogP contribution is 2.30. The number of aryl methyl sites for hydroxylation is 1. The number of nitrogens with zero attached hydrogens (tertiary/aromatic N) is 1. The van der Waals surface area contributed by atoms with E-state index in [1.165, 1.54) is 31.4 Å². The van der Waals surface area contributed by atoms with Crippen LogP contribution in [0.5, 0.6) is 11.5 Å². The predicted octanol–water partition coefficient (Wildman–Crippen LogP) is 4.59. The van der Waals surface area contributed by atoms with Crippen LogP contribution in [0.15, 0.2) is 52.9 Å². The van der Waals surface area contributed by atoms with Crippen LogP contribution in [-0.4, -0.2) is 94.2 Å². The van der Waals surface area contributed by atoms with Gasteiger partial charge in [-0.3, -0.25) is 28.8 Å². The normalized spacial score (nSPS) is 12.2. The van der Waals surface area contributed by atoms with Gasteiger partial charge >= 0.3 is 26.0 Å². The van der Waals surface area contributed by atoms with Gasteiger partial charge in [-0.2, -0.15) is 5.06 Å². The molecule has 3 atom stereocenters. The first-order valence-corrected chi connectivity index (χ1v) is 20.4. The average Bonchev–Trinajstić information content (AvgIpc) is 3.76. The van der Waals surface area contributed by atoms with Crippen molar-refractivity contribution < 1.29 is 61.7 Å². The molecular weight excluding hydrogens is 791 g/mol. The van der Waals surface area contributed by atoms with Crippen molar-refractivity contribution in [1.82, 2.24) is 21.0 Å². The number of unbranched alkanes of at least 4 members (excludes halogenated alkanes) is 3. The van der Waals surface area contributed by atoms with Gasteiger partial charge in [-0.25, -0.2) is 4.79 Å². The molecule has 0 saturated heterocycles. The maximum atomic E-state index is 13.6. The lowest BCUT2D eigenvalue weighted by atomic mass is 9.90. The zero-order chi connectivity index (χ0) is 44.9. The summed E-state index contributed by atoms with van der Waals surface area (Å²) in [6, 6.07) is 10.2. The van der Waals surface area contributed by atoms with E-state index in [-0.39, 0.29) is 48.3 Å². The molecule has 2 aromatic carbocycles. The summed E-state index contributed by atoms with van der Waals surface area (Å²) in [6.07, 6.45) is 4.50. The second kappa shape index (κ2) is 25.3. The maximum absolute atomic E-state index is 13.6. The number of hydrogen-bond acceptors (Lipinski definition) is 13. The number of hydroxylamine groups is 2. The fraction of sp³-hybridized carbons (Fsp3) is 0.465. The molecule has 3 aromatic rings. The van der Waals surface area contributed by atoms with Gasteiger partial charge in [0, 0.05) is 5.56 Å². The minimum Gasteiger partial charge on any atom is -0.542 e. The summed E-state index contributed by atoms with van der Waals surface area (Å²) < 4.78 is 26.7. The Bertz CT molecular complexity index is 1970. The molecule has 0 unspecified atom stereocenters. The van der Waals surface area contributed by atoms with Gasteiger partial charge in [0.1, 0.15) is 23.3 Å². The topological polar surface area (TPSA) is 218 Å². The molecule has 1 heterocycles. The number of ether oxygens (including phenoxy) is 3. The quantitative estimate of drug-likeness (QED) is 0.0252. The first kappa shape index (κ1) is 49.0. The zero-order valence-corrected chi connectivity index (χ0v) is 36.0. The van der Waals surface area contributed by atoms with Crippen LogP contribution in [0.4, 0.5) is 0 Å². The molecule has 330 valence electrons. The molecule has 18 heteroatoms. The number of esters is 1. The minimum absolute atomic E-state index is 0.0687. The van der Waals surface area contributed by atoms with Crippen LogP contribution in [0.2, 0.25) is 0 Å². The monoisotopic (exact) mass is 848 g/mol. The number of furan rings is 1. The summed E-state index contributed by atoms with van der Waals surface area (Å²) in [5.41, 5.74) is 1.34. The number of methoxy groups -OCH3 is 1. The van der Waals surface area contributed by atoms with Gasteiger partial charge in [-0.05, 0) is 81.1 Å². The molecule has 0 saturated carbocycles. The van der Waals surface area contributed by atoms with Gasteiger partial charge in [0.25, 0.3) is 11.8 Å². The average molecular weight is 849 g/mol. The van der Waals surface area contributed by atoms with Gasteiger partial charge < -0.3 is 44.1 Å². The SMILES string of the molecule is BOC(=O)[C@H](CC(=O)OCCCC)NC(=O)c1ccc(-c2ccc(C(=O)NCNC(=O)[C@H](CCCCC)[C@@H](CC)N(C=O)OC(=O)c3ccc(OC)cc3C)o2)cc1OCC. The Hall–Kier alpha value is -6.33. The largest absolute Gasteiger partial charge is 0.542 e. The van der Waals surface area contributed by atoms with E-state index in [1.807, 2.05) is 13.8 Å². The molecule has 0 spiro atoms. The summed E-state index contributed by atoms with van der Waals surface area (Å²) in [4.78, 5) is 95.8. The van der Waals surface area contributed by atoms with Gasteiger partial charge in [0.15, 0.2) is 5.76 Å². The maximum Gasteiger partial charge on any atom is 0.363 e. The Labute approximate surface area is 356 Å². The molecule has 4 amide bonds. The fourth-order valence-corrected chi connectivity index (χ4v) is 6.37. The third-order valence-corrected chi connectivity index (χ3v) is 9.69. The molecular formula is C43H57BN4O13. The highest BCUT2D eigenvalue weighted by atomic mass is 16.7. The van der Waals surface area contributed by atoms with Gasteiger partial charge in [0.2, 0.25) is 12.3 Å². The van der Waals surface area contributed by atoms with Crippen LogP contribution in [0.25, 0.3) is 11.3 Å². The molecule has 0 aliphatic rings. The molecule has 1 aromatic heterocycles. The standard InChI is InChI=1S/C43H57BN4O13/c1-7-11-13-14-31(34(9-3)48(26-49)61-42(54)30-18-16-29(56-6)22-27(30)5)39(51)45-25-46-41(53)36-20-19-35(59-36)28-15-17-32(37(23-28)57-10-4)40(52)47-33(43(55)60-44)24-38(50)58-21-12-8-2/h15-20,22-23,26,31,33-34H,7-14,21,24-25,44H2,1-6H3,(H,45,51)(H,46,53)(H,47,52)/t31-,33+,34-/m1/s1. The van der Waals surface area contributed by atoms with Crippen molar-refractivity contribution in [3.8, 4) is 22.8 Å². The van der Waals surface area contributed by atoms with Crippen LogP contribution in [0.3, 0.4) is 0 Å². The number of rotatable bonds is 26. The Morgan fingerprint density at radius 3 is 2.26 bits per heavy atom. The minimum atomic E-state index is -1.30. The summed E-state index contributed by atoms with van der Waals surface area (Å²) in [5, 5.41) is 8.73. The Morgan fingerprint density at radius 2 is 1.62 bits per heavy atom. The number of benzene rings is 2. The van der Waals surface area contributed by atoms with Crippen molar-refractivity contribution in [2.75, 3.05) is 27.0 Å². The van der Waals surface area contributed by atoms with Gasteiger partial charge in [-0.15, -0.1) is 0 Å². The summed E-state index contributed by atoms with van der Waals surface area (Å²) >= 11 is 0. The second-order valence-corrected chi connectivity index (χ2v) is 14.0. The third kappa shape index (κ3) is 14.4. The predicted molar refractivity (Wildman–Crippen MR) is 225 cm³/mol. The van der Waals surface area contributed by atoms with E-state index in [4.69, 9.17) is 28.1 Å². The summed E-state index contributed by atoms with van der Waals surface area (Å²) in [7, 11) is 2.65. The zero-order valence-electron chi connectivity index (χ0n) is 36.0. The van der Waals surface area contributed by atoms with Crippen LogP contribution in [0, 0.1) is 12.8 Å². The van der Waals surface area contributed by atoms with Crippen molar-refractivity contribution in [2.45, 2.75) is 98.1 Å². The number of hydrogen-bond donors (Lipinski definition) is 3. The van der Waals surface area contributed by atoms with Gasteiger partial charge in [0.05, 0.1) is 56.5 Å². The second-order valence-electron chi connectivity index (χ2n) is 14.0. The van der Waals surface area contributed by atoms with E-state index in [1.54, 1.807) is 45.0 Å². The molecule has 3 rings (SSSR count). The fourth-order valence-electron chi connectivity index (χ4n) is 6.37. The number of carbonyl (C=O) groups excluding carboxylic acids is 7. The van der Waals surface area contributed by atoms with E-state index >= 15 is 0 Å². The Morgan fingerprint density at radius 1 is 0.885 bits per heavy atom. The molecule has 61 heavy (non-hydrogen) atoms. The van der Waals surface area contributed by atoms with E-state index in [0.717, 1.165) is 32.4 Å². The first-order valence-electron chi connectivity index (χ1n) is 20.4. The lowest BCUT2D eigenvalue weighted by Crippen LogP contribution is -2.49. The van der Waals surface area contributed by atoms with Crippen molar-refractivity contribution in [1.29, 1.82) is 0 Å². The molecule has 3 N–H and O–H groups in total. The van der Waals surface area contributed by atoms with E-state index < -0.39 is 60.1 Å². The Kier molecular flexibility index (Phi) is 20.4. The molecule has 0 bridgehead atoms.